The molecule has 0 aliphatic carbocycles. The molecule has 1 amide bonds. The summed E-state index contributed by atoms with van der Waals surface area (Å²) in [5, 5.41) is 21.9. The molecule has 0 unspecified atom stereocenters. The first-order valence-electron chi connectivity index (χ1n) is 11.2. The summed E-state index contributed by atoms with van der Waals surface area (Å²) < 4.78 is 0. The number of aromatic nitrogens is 2. The molecule has 2 N–H and O–H groups in total. The second-order valence-electron chi connectivity index (χ2n) is 8.43. The Bertz CT molecular complexity index is 1140. The SMILES string of the molecule is CCC(O)(CC)C(=O)N1CCN(c2nc(-c3ccccc3O)nc3cc(C)ccc23)CC1. The zero-order valence-electron chi connectivity index (χ0n) is 18.9. The zero-order valence-corrected chi connectivity index (χ0v) is 18.9. The number of para-hydroxylation sites is 1. The number of hydrogen-bond acceptors (Lipinski definition) is 6. The highest BCUT2D eigenvalue weighted by Gasteiger charge is 2.37. The molecule has 168 valence electrons. The number of benzene rings is 2. The van der Waals surface area contributed by atoms with Gasteiger partial charge in [-0.2, -0.15) is 0 Å². The average Bonchev–Trinajstić information content (AvgIpc) is 2.82. The van der Waals surface area contributed by atoms with Crippen molar-refractivity contribution < 1.29 is 15.0 Å². The summed E-state index contributed by atoms with van der Waals surface area (Å²) in [7, 11) is 0. The predicted molar refractivity (Wildman–Crippen MR) is 126 cm³/mol. The Hall–Kier alpha value is -3.19. The van der Waals surface area contributed by atoms with Gasteiger partial charge in [0.15, 0.2) is 5.82 Å². The molecule has 2 aromatic carbocycles. The van der Waals surface area contributed by atoms with Gasteiger partial charge < -0.3 is 20.0 Å². The standard InChI is InChI=1S/C25H30N4O3/c1-4-25(32,5-2)24(31)29-14-12-28(13-15-29)23-18-11-10-17(3)16-20(18)26-22(27-23)19-8-6-7-9-21(19)30/h6-11,16,30,32H,4-5,12-15H2,1-3H3. The summed E-state index contributed by atoms with van der Waals surface area (Å²) in [6.07, 6.45) is 0.810. The molecule has 1 aliphatic rings. The minimum absolute atomic E-state index is 0.138. The Kier molecular flexibility index (Phi) is 6.02. The van der Waals surface area contributed by atoms with E-state index in [4.69, 9.17) is 9.97 Å². The normalized spacial score (nSPS) is 14.8. The second kappa shape index (κ2) is 8.74. The van der Waals surface area contributed by atoms with Crippen molar-refractivity contribution in [3.63, 3.8) is 0 Å². The minimum Gasteiger partial charge on any atom is -0.507 e. The van der Waals surface area contributed by atoms with E-state index in [9.17, 15) is 15.0 Å². The monoisotopic (exact) mass is 434 g/mol. The molecule has 0 radical (unpaired) electrons. The van der Waals surface area contributed by atoms with E-state index in [1.807, 2.05) is 51.1 Å². The number of hydrogen-bond donors (Lipinski definition) is 2. The van der Waals surface area contributed by atoms with E-state index in [2.05, 4.69) is 4.90 Å². The van der Waals surface area contributed by atoms with Crippen LogP contribution < -0.4 is 4.90 Å². The maximum atomic E-state index is 12.9. The lowest BCUT2D eigenvalue weighted by atomic mass is 9.95. The number of phenols is 1. The highest BCUT2D eigenvalue weighted by molar-refractivity contribution is 5.92. The van der Waals surface area contributed by atoms with Crippen molar-refractivity contribution in [2.75, 3.05) is 31.1 Å². The molecular formula is C25H30N4O3. The third kappa shape index (κ3) is 4.00. The number of fused-ring (bicyclic) bond motifs is 1. The lowest BCUT2D eigenvalue weighted by Gasteiger charge is -2.39. The summed E-state index contributed by atoms with van der Waals surface area (Å²) in [5.74, 6) is 1.21. The second-order valence-corrected chi connectivity index (χ2v) is 8.43. The largest absolute Gasteiger partial charge is 0.507 e. The van der Waals surface area contributed by atoms with Crippen LogP contribution in [0.5, 0.6) is 5.75 Å². The quantitative estimate of drug-likeness (QED) is 0.639. The number of amides is 1. The van der Waals surface area contributed by atoms with E-state index in [0.29, 0.717) is 50.4 Å². The predicted octanol–water partition coefficient (Wildman–Crippen LogP) is 3.51. The van der Waals surface area contributed by atoms with Gasteiger partial charge in [0.05, 0.1) is 11.1 Å². The number of nitrogens with zero attached hydrogens (tertiary/aromatic N) is 4. The van der Waals surface area contributed by atoms with Crippen molar-refractivity contribution in [2.24, 2.45) is 0 Å². The van der Waals surface area contributed by atoms with Crippen LogP contribution in [0.1, 0.15) is 32.3 Å². The Morgan fingerprint density at radius 2 is 1.72 bits per heavy atom. The number of piperazine rings is 1. The summed E-state index contributed by atoms with van der Waals surface area (Å²) in [6.45, 7) is 7.95. The summed E-state index contributed by atoms with van der Waals surface area (Å²) >= 11 is 0. The van der Waals surface area contributed by atoms with Gasteiger partial charge in [-0.1, -0.05) is 32.0 Å². The average molecular weight is 435 g/mol. The van der Waals surface area contributed by atoms with Crippen LogP contribution in [-0.2, 0) is 4.79 Å². The van der Waals surface area contributed by atoms with Crippen molar-refractivity contribution in [3.8, 4) is 17.1 Å². The lowest BCUT2D eigenvalue weighted by Crippen LogP contribution is -2.55. The number of aromatic hydroxyl groups is 1. The number of carbonyl (C=O) groups is 1. The highest BCUT2D eigenvalue weighted by Crippen LogP contribution is 2.32. The molecule has 7 nitrogen and oxygen atoms in total. The number of phenolic OH excluding ortho intramolecular Hbond substituents is 1. The van der Waals surface area contributed by atoms with E-state index in [0.717, 1.165) is 22.3 Å². The zero-order chi connectivity index (χ0) is 22.9. The van der Waals surface area contributed by atoms with E-state index in [1.165, 1.54) is 0 Å². The summed E-state index contributed by atoms with van der Waals surface area (Å²) in [5.41, 5.74) is 1.21. The molecule has 2 heterocycles. The van der Waals surface area contributed by atoms with Gasteiger partial charge >= 0.3 is 0 Å². The van der Waals surface area contributed by atoms with Crippen molar-refractivity contribution in [1.29, 1.82) is 0 Å². The van der Waals surface area contributed by atoms with E-state index in [1.54, 1.807) is 17.0 Å². The fraction of sp³-hybridized carbons (Fsp3) is 0.400. The molecule has 4 rings (SSSR count). The number of aliphatic hydroxyl groups is 1. The van der Waals surface area contributed by atoms with Gasteiger partial charge in [-0.25, -0.2) is 9.97 Å². The van der Waals surface area contributed by atoms with E-state index >= 15 is 0 Å². The van der Waals surface area contributed by atoms with Crippen LogP contribution in [0.3, 0.4) is 0 Å². The molecule has 1 aromatic heterocycles. The molecule has 32 heavy (non-hydrogen) atoms. The van der Waals surface area contributed by atoms with Crippen LogP contribution >= 0.6 is 0 Å². The van der Waals surface area contributed by atoms with Crippen LogP contribution in [0.25, 0.3) is 22.3 Å². The van der Waals surface area contributed by atoms with Crippen molar-refractivity contribution in [1.82, 2.24) is 14.9 Å². The highest BCUT2D eigenvalue weighted by atomic mass is 16.3. The van der Waals surface area contributed by atoms with Crippen molar-refractivity contribution in [3.05, 3.63) is 48.0 Å². The number of aryl methyl sites for hydroxylation is 1. The summed E-state index contributed by atoms with van der Waals surface area (Å²) in [4.78, 5) is 26.3. The molecule has 1 saturated heterocycles. The van der Waals surface area contributed by atoms with Gasteiger partial charge in [-0.3, -0.25) is 4.79 Å². The van der Waals surface area contributed by atoms with Gasteiger partial charge in [0.25, 0.3) is 5.91 Å². The fourth-order valence-electron chi connectivity index (χ4n) is 4.22. The Labute approximate surface area is 188 Å². The first-order chi connectivity index (χ1) is 15.4. The number of anilines is 1. The van der Waals surface area contributed by atoms with Crippen LogP contribution in [0.2, 0.25) is 0 Å². The van der Waals surface area contributed by atoms with Crippen LogP contribution in [0.4, 0.5) is 5.82 Å². The molecule has 1 fully saturated rings. The van der Waals surface area contributed by atoms with Gasteiger partial charge in [0.1, 0.15) is 17.2 Å². The molecule has 1 aliphatic heterocycles. The Morgan fingerprint density at radius 3 is 2.38 bits per heavy atom. The molecule has 0 atom stereocenters. The van der Waals surface area contributed by atoms with E-state index in [-0.39, 0.29) is 11.7 Å². The van der Waals surface area contributed by atoms with Gasteiger partial charge in [-0.15, -0.1) is 0 Å². The van der Waals surface area contributed by atoms with E-state index < -0.39 is 5.60 Å². The minimum atomic E-state index is -1.29. The lowest BCUT2D eigenvalue weighted by molar-refractivity contribution is -0.152. The number of rotatable bonds is 5. The third-order valence-corrected chi connectivity index (χ3v) is 6.41. The van der Waals surface area contributed by atoms with Gasteiger partial charge in [0, 0.05) is 31.6 Å². The fourth-order valence-corrected chi connectivity index (χ4v) is 4.22. The van der Waals surface area contributed by atoms with Crippen LogP contribution in [-0.4, -0.2) is 62.8 Å². The van der Waals surface area contributed by atoms with Gasteiger partial charge in [-0.05, 0) is 49.6 Å². The summed E-state index contributed by atoms with van der Waals surface area (Å²) in [6, 6.07) is 13.2. The van der Waals surface area contributed by atoms with Crippen LogP contribution in [0, 0.1) is 6.92 Å². The molecule has 0 bridgehead atoms. The third-order valence-electron chi connectivity index (χ3n) is 6.41. The van der Waals surface area contributed by atoms with Crippen molar-refractivity contribution in [2.45, 2.75) is 39.2 Å². The Balaban J connectivity index is 1.68. The molecule has 0 spiro atoms. The van der Waals surface area contributed by atoms with Gasteiger partial charge in [0.2, 0.25) is 0 Å². The topological polar surface area (TPSA) is 89.8 Å². The first kappa shape index (κ1) is 22.0. The maximum absolute atomic E-state index is 12.9. The molecule has 3 aromatic rings. The molecule has 7 heteroatoms. The maximum Gasteiger partial charge on any atom is 0.254 e. The van der Waals surface area contributed by atoms with Crippen molar-refractivity contribution >= 4 is 22.6 Å². The Morgan fingerprint density at radius 1 is 1.03 bits per heavy atom. The molecular weight excluding hydrogens is 404 g/mol. The van der Waals surface area contributed by atoms with Crippen LogP contribution in [0.15, 0.2) is 42.5 Å². The smallest absolute Gasteiger partial charge is 0.254 e. The number of carbonyl (C=O) groups excluding carboxylic acids is 1. The first-order valence-corrected chi connectivity index (χ1v) is 11.2. The molecule has 0 saturated carbocycles.